The van der Waals surface area contributed by atoms with E-state index in [9.17, 15) is 48.3 Å². The lowest BCUT2D eigenvalue weighted by Crippen LogP contribution is -2.61. The first-order chi connectivity index (χ1) is 34.8. The number of aliphatic hydroxyl groups is 1. The zero-order valence-corrected chi connectivity index (χ0v) is 48.2. The van der Waals surface area contributed by atoms with Crippen LogP contribution in [0.1, 0.15) is 147 Å². The highest BCUT2D eigenvalue weighted by molar-refractivity contribution is 5.98. The van der Waals surface area contributed by atoms with Gasteiger partial charge >= 0.3 is 0 Å². The predicted molar refractivity (Wildman–Crippen MR) is 288 cm³/mol. The van der Waals surface area contributed by atoms with Crippen molar-refractivity contribution in [3.8, 4) is 0 Å². The number of Topliss-reactive ketones (excluding diaryl/α,β-unsaturated/α-hetero) is 1. The van der Waals surface area contributed by atoms with Gasteiger partial charge in [-0.1, -0.05) is 59.8 Å². The lowest BCUT2D eigenvalue weighted by molar-refractivity contribution is -0.150. The zero-order valence-electron chi connectivity index (χ0n) is 48.2. The molecule has 2 rings (SSSR count). The fraction of sp³-hybridized carbons (Fsp3) is 0.764. The van der Waals surface area contributed by atoms with Crippen LogP contribution in [0.25, 0.3) is 0 Å². The second-order valence-corrected chi connectivity index (χ2v) is 23.0. The van der Waals surface area contributed by atoms with E-state index in [1.807, 2.05) is 80.5 Å². The van der Waals surface area contributed by atoms with E-state index in [1.165, 1.54) is 68.6 Å². The third-order valence-electron chi connectivity index (χ3n) is 13.7. The molecule has 426 valence electrons. The molecule has 0 bridgehead atoms. The number of hydrogen-bond acceptors (Lipinski definition) is 12. The van der Waals surface area contributed by atoms with E-state index in [0.29, 0.717) is 25.9 Å². The molecule has 8 amide bonds. The summed E-state index contributed by atoms with van der Waals surface area (Å²) in [7, 11) is 5.80. The van der Waals surface area contributed by atoms with Crippen molar-refractivity contribution in [3.63, 3.8) is 0 Å². The summed E-state index contributed by atoms with van der Waals surface area (Å²) in [6.45, 7) is 21.8. The van der Waals surface area contributed by atoms with Crippen LogP contribution in [0.2, 0.25) is 0 Å². The molecule has 0 aromatic carbocycles. The third-order valence-corrected chi connectivity index (χ3v) is 13.7. The Bertz CT molecular complexity index is 2030. The Morgan fingerprint density at radius 1 is 0.667 bits per heavy atom. The van der Waals surface area contributed by atoms with Crippen LogP contribution >= 0.6 is 0 Å². The molecule has 2 aliphatic rings. The Kier molecular flexibility index (Phi) is 26.8. The summed E-state index contributed by atoms with van der Waals surface area (Å²) in [5.41, 5.74) is 6.45. The number of piperidine rings is 1. The molecule has 0 spiro atoms. The van der Waals surface area contributed by atoms with Crippen LogP contribution < -0.4 is 21.7 Å². The van der Waals surface area contributed by atoms with Crippen LogP contribution in [-0.2, 0) is 47.9 Å². The van der Waals surface area contributed by atoms with E-state index in [2.05, 4.69) is 16.0 Å². The molecule has 9 atom stereocenters. The number of rotatable bonds is 28. The predicted octanol–water partition coefficient (Wildman–Crippen LogP) is 3.09. The smallest absolute Gasteiger partial charge is 0.248 e. The Hall–Kier alpha value is -5.21. The molecule has 0 saturated carbocycles. The van der Waals surface area contributed by atoms with Gasteiger partial charge < -0.3 is 56.0 Å². The molecule has 0 aromatic heterocycles. The zero-order chi connectivity index (χ0) is 57.2. The van der Waals surface area contributed by atoms with Crippen molar-refractivity contribution in [1.82, 2.24) is 40.4 Å². The van der Waals surface area contributed by atoms with Crippen molar-refractivity contribution in [1.29, 1.82) is 0 Å². The number of ketones is 1. The van der Waals surface area contributed by atoms with Crippen LogP contribution in [0.5, 0.6) is 0 Å². The summed E-state index contributed by atoms with van der Waals surface area (Å²) in [6, 6.07) is -9.32. The van der Waals surface area contributed by atoms with Gasteiger partial charge in [-0.25, -0.2) is 0 Å². The van der Waals surface area contributed by atoms with Crippen LogP contribution in [0.3, 0.4) is 0 Å². The maximum absolute atomic E-state index is 14.9. The number of nitrogens with zero attached hydrogens (tertiary/aromatic N) is 5. The standard InChI is InChI=1S/C55H95N9O11/c1-33(2)27-42(37(8)65)60(13)54(74)47(38(9)66)59-49(69)44(29-35(5)6)62(15)53(73)45(30-39-23-19-17-20-24-39)63(16)50(70)36(7)57-46(67)31-41(52(72)64-25-21-18-22-26-64)58-48(68)43(28-34(3)4)61(14)51(71)40(56)32-75-55(10,11)12/h19,23-24,33-36,38,40-45,47,66H,17-18,20-22,25-32,56H2,1-16H3,(H,57,67)(H,58,68)(H,59,69)/t36-,38-,40+,41?,42+,43+,44+,45+,47+/m1/s1. The van der Waals surface area contributed by atoms with E-state index < -0.39 is 114 Å². The normalized spacial score (nSPS) is 17.6. The van der Waals surface area contributed by atoms with Gasteiger partial charge in [0.1, 0.15) is 42.3 Å². The number of hydrogen-bond donors (Lipinski definition) is 5. The molecule has 1 saturated heterocycles. The number of amides is 8. The minimum Gasteiger partial charge on any atom is -0.391 e. The number of ether oxygens (including phenoxy) is 1. The van der Waals surface area contributed by atoms with Crippen molar-refractivity contribution in [2.24, 2.45) is 23.5 Å². The minimum atomic E-state index is -1.45. The minimum absolute atomic E-state index is 0.0575. The molecule has 6 N–H and O–H groups in total. The highest BCUT2D eigenvalue weighted by atomic mass is 16.5. The first kappa shape index (κ1) is 65.9. The first-order valence-corrected chi connectivity index (χ1v) is 27.0. The summed E-state index contributed by atoms with van der Waals surface area (Å²) in [5.74, 6) is -5.43. The van der Waals surface area contributed by atoms with Gasteiger partial charge in [0.05, 0.1) is 30.8 Å². The van der Waals surface area contributed by atoms with Crippen molar-refractivity contribution in [3.05, 3.63) is 23.8 Å². The van der Waals surface area contributed by atoms with Crippen molar-refractivity contribution < 1.29 is 53.0 Å². The highest BCUT2D eigenvalue weighted by Gasteiger charge is 2.41. The molecule has 0 aromatic rings. The SMILES string of the molecule is CC(=O)[C@H](CC(C)C)N(C)C(=O)[C@@H](NC(=O)[C@H](CC(C)C)N(C)C(=O)[C@H](CC1=CCCC=C1)N(C)C(=O)[C@@H](C)NC(=O)CC(NC(=O)[C@H](CC(C)C)N(C)C(=O)[C@@H](N)COC(C)(C)C)C(=O)N1CCCCC1)[C@@H](C)O. The van der Waals surface area contributed by atoms with Gasteiger partial charge in [0.15, 0.2) is 5.78 Å². The summed E-state index contributed by atoms with van der Waals surface area (Å²) in [5, 5.41) is 19.0. The lowest BCUT2D eigenvalue weighted by Gasteiger charge is -2.37. The maximum Gasteiger partial charge on any atom is 0.248 e. The summed E-state index contributed by atoms with van der Waals surface area (Å²) in [4.78, 5) is 133. The number of nitrogens with one attached hydrogen (secondary N) is 3. The average molecular weight is 1060 g/mol. The first-order valence-electron chi connectivity index (χ1n) is 27.0. The average Bonchev–Trinajstić information content (AvgIpc) is 3.34. The Balaban J connectivity index is 2.47. The van der Waals surface area contributed by atoms with Gasteiger partial charge in [-0.05, 0) is 116 Å². The topological polar surface area (TPSA) is 261 Å². The molecule has 0 radical (unpaired) electrons. The maximum atomic E-state index is 14.9. The van der Waals surface area contributed by atoms with Crippen LogP contribution in [-0.4, -0.2) is 191 Å². The molecule has 1 heterocycles. The largest absolute Gasteiger partial charge is 0.391 e. The van der Waals surface area contributed by atoms with Gasteiger partial charge in [0.25, 0.3) is 0 Å². The Labute approximate surface area is 447 Å². The monoisotopic (exact) mass is 1060 g/mol. The quantitative estimate of drug-likeness (QED) is 0.0758. The summed E-state index contributed by atoms with van der Waals surface area (Å²) < 4.78 is 5.74. The summed E-state index contributed by atoms with van der Waals surface area (Å²) >= 11 is 0. The molecule has 1 fully saturated rings. The molecule has 1 aliphatic carbocycles. The van der Waals surface area contributed by atoms with Crippen molar-refractivity contribution >= 4 is 53.0 Å². The van der Waals surface area contributed by atoms with Gasteiger partial charge in [-0.3, -0.25) is 43.2 Å². The van der Waals surface area contributed by atoms with Gasteiger partial charge in [-0.15, -0.1) is 0 Å². The number of likely N-dealkylation sites (N-methyl/N-ethyl adjacent to an activating group) is 4. The Morgan fingerprint density at radius 3 is 1.64 bits per heavy atom. The highest BCUT2D eigenvalue weighted by Crippen LogP contribution is 2.23. The molecular weight excluding hydrogens is 963 g/mol. The van der Waals surface area contributed by atoms with E-state index in [1.54, 1.807) is 4.90 Å². The molecule has 1 unspecified atom stereocenters. The van der Waals surface area contributed by atoms with Gasteiger partial charge in [0.2, 0.25) is 47.3 Å². The van der Waals surface area contributed by atoms with Crippen molar-refractivity contribution in [2.45, 2.75) is 207 Å². The van der Waals surface area contributed by atoms with Gasteiger partial charge in [-0.2, -0.15) is 0 Å². The molecule has 20 nitrogen and oxygen atoms in total. The number of aliphatic hydroxyl groups excluding tert-OH is 1. The summed E-state index contributed by atoms with van der Waals surface area (Å²) in [6.07, 6.45) is 8.57. The van der Waals surface area contributed by atoms with E-state index in [-0.39, 0.29) is 49.4 Å². The van der Waals surface area contributed by atoms with Crippen LogP contribution in [0, 0.1) is 17.8 Å². The number of likely N-dealkylation sites (tertiary alicyclic amines) is 1. The van der Waals surface area contributed by atoms with E-state index >= 15 is 0 Å². The fourth-order valence-electron chi connectivity index (χ4n) is 9.29. The lowest BCUT2D eigenvalue weighted by atomic mass is 9.96. The van der Waals surface area contributed by atoms with Crippen LogP contribution in [0.15, 0.2) is 23.8 Å². The molecule has 20 heteroatoms. The molecule has 1 aliphatic heterocycles. The second kappa shape index (κ2) is 30.5. The third kappa shape index (κ3) is 21.0. The van der Waals surface area contributed by atoms with Crippen molar-refractivity contribution in [2.75, 3.05) is 47.9 Å². The molecule has 75 heavy (non-hydrogen) atoms. The second-order valence-electron chi connectivity index (χ2n) is 23.0. The molecular formula is C55H95N9O11. The number of carbonyl (C=O) groups is 9. The van der Waals surface area contributed by atoms with E-state index in [4.69, 9.17) is 10.5 Å². The number of nitrogens with two attached hydrogens (primary N) is 1. The van der Waals surface area contributed by atoms with Gasteiger partial charge in [0, 0.05) is 47.7 Å². The number of carbonyl (C=O) groups excluding carboxylic acids is 9. The fourth-order valence-corrected chi connectivity index (χ4v) is 9.29. The Morgan fingerprint density at radius 2 is 1.16 bits per heavy atom. The van der Waals surface area contributed by atoms with Crippen LogP contribution in [0.4, 0.5) is 0 Å². The number of allylic oxidation sites excluding steroid dienone is 3. The van der Waals surface area contributed by atoms with E-state index in [0.717, 1.165) is 31.3 Å².